The van der Waals surface area contributed by atoms with E-state index in [2.05, 4.69) is 0 Å². The van der Waals surface area contributed by atoms with Crippen molar-refractivity contribution in [2.45, 2.75) is 24.6 Å². The lowest BCUT2D eigenvalue weighted by Crippen LogP contribution is -2.32. The van der Waals surface area contributed by atoms with Gasteiger partial charge in [-0.1, -0.05) is 13.3 Å². The normalized spacial score (nSPS) is 14.4. The molecule has 1 aromatic rings. The highest BCUT2D eigenvalue weighted by molar-refractivity contribution is 6.33. The molecule has 0 heterocycles. The molecule has 0 fully saturated rings. The minimum Gasteiger partial charge on any atom is -0.480 e. The summed E-state index contributed by atoms with van der Waals surface area (Å²) in [6.45, 7) is 1.62. The Morgan fingerprint density at radius 3 is 2.18 bits per heavy atom. The molecular formula is C11H10ClF3O2. The second-order valence-electron chi connectivity index (χ2n) is 3.60. The van der Waals surface area contributed by atoms with E-state index in [-0.39, 0.29) is 6.42 Å². The second-order valence-corrected chi connectivity index (χ2v) is 4.25. The van der Waals surface area contributed by atoms with Gasteiger partial charge in [0, 0.05) is 12.1 Å². The molecule has 17 heavy (non-hydrogen) atoms. The second kappa shape index (κ2) is 4.96. The predicted octanol–water partition coefficient (Wildman–Crippen LogP) is 3.42. The number of carboxylic acid groups (broad SMARTS) is 1. The van der Waals surface area contributed by atoms with Crippen molar-refractivity contribution in [2.75, 3.05) is 0 Å². The van der Waals surface area contributed by atoms with E-state index in [9.17, 15) is 18.0 Å². The molecule has 94 valence electrons. The maximum Gasteiger partial charge on any atom is 0.329 e. The van der Waals surface area contributed by atoms with Crippen LogP contribution in [0.3, 0.4) is 0 Å². The van der Waals surface area contributed by atoms with Gasteiger partial charge in [-0.25, -0.2) is 18.0 Å². The maximum atomic E-state index is 13.5. The molecule has 6 heteroatoms. The van der Waals surface area contributed by atoms with Crippen LogP contribution >= 0.6 is 11.6 Å². The summed E-state index contributed by atoms with van der Waals surface area (Å²) in [5.41, 5.74) is -0.824. The van der Waals surface area contributed by atoms with Crippen LogP contribution in [0.5, 0.6) is 0 Å². The molecule has 1 rings (SSSR count). The number of carbonyl (C=O) groups is 1. The zero-order valence-corrected chi connectivity index (χ0v) is 9.69. The molecule has 2 nitrogen and oxygen atoms in total. The van der Waals surface area contributed by atoms with Gasteiger partial charge < -0.3 is 5.11 Å². The van der Waals surface area contributed by atoms with Gasteiger partial charge >= 0.3 is 5.97 Å². The Labute approximate surface area is 101 Å². The zero-order chi connectivity index (χ0) is 13.2. The van der Waals surface area contributed by atoms with Gasteiger partial charge in [0.15, 0.2) is 4.87 Å². The summed E-state index contributed by atoms with van der Waals surface area (Å²) < 4.78 is 39.6. The van der Waals surface area contributed by atoms with Crippen LogP contribution in [-0.4, -0.2) is 11.1 Å². The molecular weight excluding hydrogens is 257 g/mol. The summed E-state index contributed by atoms with van der Waals surface area (Å²) in [6, 6.07) is 0.822. The monoisotopic (exact) mass is 266 g/mol. The van der Waals surface area contributed by atoms with E-state index in [0.29, 0.717) is 18.6 Å². The van der Waals surface area contributed by atoms with Gasteiger partial charge in [0.25, 0.3) is 0 Å². The molecule has 1 atom stereocenters. The summed E-state index contributed by atoms with van der Waals surface area (Å²) in [6.07, 6.45) is 0.148. The molecule has 0 aliphatic carbocycles. The summed E-state index contributed by atoms with van der Waals surface area (Å²) in [4.78, 5) is 8.83. The first-order valence-electron chi connectivity index (χ1n) is 4.90. The number of hydrogen-bond donors (Lipinski definition) is 1. The Bertz CT molecular complexity index is 427. The first kappa shape index (κ1) is 13.8. The third-order valence-electron chi connectivity index (χ3n) is 2.34. The molecule has 0 saturated heterocycles. The number of alkyl halides is 1. The highest BCUT2D eigenvalue weighted by Gasteiger charge is 2.42. The Hall–Kier alpha value is -1.23. The fourth-order valence-electron chi connectivity index (χ4n) is 1.60. The van der Waals surface area contributed by atoms with Crippen LogP contribution in [0.4, 0.5) is 13.2 Å². The molecule has 1 N–H and O–H groups in total. The molecule has 0 aliphatic rings. The first-order chi connectivity index (χ1) is 7.82. The zero-order valence-electron chi connectivity index (χ0n) is 8.94. The standard InChI is InChI=1S/C11H10ClF3O2/c1-2-3-11(12,10(16)17)9-7(14)4-6(13)5-8(9)15/h4-5H,2-3H2,1H3,(H,16,17). The molecule has 0 saturated carbocycles. The smallest absolute Gasteiger partial charge is 0.329 e. The van der Waals surface area contributed by atoms with Crippen LogP contribution in [0.1, 0.15) is 25.3 Å². The summed E-state index contributed by atoms with van der Waals surface area (Å²) in [7, 11) is 0. The SMILES string of the molecule is CCCC(Cl)(C(=O)O)c1c(F)cc(F)cc1F. The van der Waals surface area contributed by atoms with Gasteiger partial charge in [0.1, 0.15) is 17.5 Å². The molecule has 0 radical (unpaired) electrons. The number of halogens is 4. The van der Waals surface area contributed by atoms with Gasteiger partial charge in [0.2, 0.25) is 0 Å². The van der Waals surface area contributed by atoms with Crippen molar-refractivity contribution >= 4 is 17.6 Å². The highest BCUT2D eigenvalue weighted by Crippen LogP contribution is 2.38. The van der Waals surface area contributed by atoms with Crippen molar-refractivity contribution in [1.82, 2.24) is 0 Å². The van der Waals surface area contributed by atoms with Crippen LogP contribution in [-0.2, 0) is 9.67 Å². The lowest BCUT2D eigenvalue weighted by atomic mass is 9.92. The largest absolute Gasteiger partial charge is 0.480 e. The number of benzene rings is 1. The molecule has 0 amide bonds. The summed E-state index contributed by atoms with van der Waals surface area (Å²) in [5.74, 6) is -5.28. The average molecular weight is 267 g/mol. The highest BCUT2D eigenvalue weighted by atomic mass is 35.5. The van der Waals surface area contributed by atoms with Crippen molar-refractivity contribution < 1.29 is 23.1 Å². The van der Waals surface area contributed by atoms with Crippen LogP contribution in [0.25, 0.3) is 0 Å². The minimum atomic E-state index is -2.21. The average Bonchev–Trinajstić information content (AvgIpc) is 2.15. The van der Waals surface area contributed by atoms with Crippen LogP contribution < -0.4 is 0 Å². The van der Waals surface area contributed by atoms with E-state index in [1.54, 1.807) is 6.92 Å². The van der Waals surface area contributed by atoms with E-state index in [1.165, 1.54) is 0 Å². The number of carboxylic acids is 1. The molecule has 0 bridgehead atoms. The lowest BCUT2D eigenvalue weighted by molar-refractivity contribution is -0.141. The van der Waals surface area contributed by atoms with Crippen molar-refractivity contribution in [2.24, 2.45) is 0 Å². The van der Waals surface area contributed by atoms with Gasteiger partial charge in [-0.3, -0.25) is 0 Å². The summed E-state index contributed by atoms with van der Waals surface area (Å²) >= 11 is 5.76. The third-order valence-corrected chi connectivity index (χ3v) is 2.88. The first-order valence-corrected chi connectivity index (χ1v) is 5.28. The molecule has 1 aromatic carbocycles. The predicted molar refractivity (Wildman–Crippen MR) is 56.4 cm³/mol. The lowest BCUT2D eigenvalue weighted by Gasteiger charge is -2.23. The van der Waals surface area contributed by atoms with E-state index in [0.717, 1.165) is 0 Å². The van der Waals surface area contributed by atoms with Crippen LogP contribution in [0, 0.1) is 17.5 Å². The van der Waals surface area contributed by atoms with Crippen molar-refractivity contribution in [3.63, 3.8) is 0 Å². The van der Waals surface area contributed by atoms with Gasteiger partial charge in [-0.15, -0.1) is 11.6 Å². The topological polar surface area (TPSA) is 37.3 Å². The molecule has 0 spiro atoms. The molecule has 0 aliphatic heterocycles. The van der Waals surface area contributed by atoms with Gasteiger partial charge in [0.05, 0.1) is 5.56 Å². The number of rotatable bonds is 4. The number of aliphatic carboxylic acids is 1. The Morgan fingerprint density at radius 1 is 1.35 bits per heavy atom. The fraction of sp³-hybridized carbons (Fsp3) is 0.364. The maximum absolute atomic E-state index is 13.5. The number of hydrogen-bond acceptors (Lipinski definition) is 1. The van der Waals surface area contributed by atoms with E-state index < -0.39 is 33.9 Å². The van der Waals surface area contributed by atoms with E-state index in [1.807, 2.05) is 0 Å². The van der Waals surface area contributed by atoms with Crippen LogP contribution in [0.2, 0.25) is 0 Å². The molecule has 0 aromatic heterocycles. The summed E-state index contributed by atoms with van der Waals surface area (Å²) in [5, 5.41) is 8.98. The van der Waals surface area contributed by atoms with Crippen molar-refractivity contribution in [3.05, 3.63) is 35.1 Å². The van der Waals surface area contributed by atoms with E-state index >= 15 is 0 Å². The van der Waals surface area contributed by atoms with Gasteiger partial charge in [-0.2, -0.15) is 0 Å². The van der Waals surface area contributed by atoms with Crippen molar-refractivity contribution in [1.29, 1.82) is 0 Å². The Balaban J connectivity index is 3.43. The van der Waals surface area contributed by atoms with Crippen LogP contribution in [0.15, 0.2) is 12.1 Å². The van der Waals surface area contributed by atoms with Crippen molar-refractivity contribution in [3.8, 4) is 0 Å². The fourth-order valence-corrected chi connectivity index (χ4v) is 1.97. The Kier molecular flexibility index (Phi) is 4.03. The van der Waals surface area contributed by atoms with Gasteiger partial charge in [-0.05, 0) is 6.42 Å². The third kappa shape index (κ3) is 2.54. The quantitative estimate of drug-likeness (QED) is 0.848. The Morgan fingerprint density at radius 2 is 1.82 bits per heavy atom. The van der Waals surface area contributed by atoms with E-state index in [4.69, 9.17) is 16.7 Å². The minimum absolute atomic E-state index is 0.163. The molecule has 1 unspecified atom stereocenters.